The third-order valence-electron chi connectivity index (χ3n) is 2.67. The first-order valence-corrected chi connectivity index (χ1v) is 6.93. The van der Waals surface area contributed by atoms with E-state index in [2.05, 4.69) is 4.74 Å². The number of carboxylic acid groups (broad SMARTS) is 1. The van der Waals surface area contributed by atoms with E-state index >= 15 is 0 Å². The maximum Gasteiger partial charge on any atom is 0.337 e. The summed E-state index contributed by atoms with van der Waals surface area (Å²) in [5.74, 6) is -1.43. The molecule has 0 aromatic heterocycles. The number of nitrogens with two attached hydrogens (primary N) is 2. The van der Waals surface area contributed by atoms with Crippen molar-refractivity contribution in [3.05, 3.63) is 57.6 Å². The van der Waals surface area contributed by atoms with Crippen LogP contribution in [0.15, 0.2) is 36.4 Å². The number of carboxylic acids is 1. The monoisotopic (exact) mass is 356 g/mol. The van der Waals surface area contributed by atoms with Crippen LogP contribution in [0.3, 0.4) is 0 Å². The van der Waals surface area contributed by atoms with Crippen LogP contribution in [-0.4, -0.2) is 24.2 Å². The average Bonchev–Trinajstić information content (AvgIpc) is 2.52. The summed E-state index contributed by atoms with van der Waals surface area (Å²) >= 11 is 11.3. The molecule has 0 radical (unpaired) electrons. The van der Waals surface area contributed by atoms with Gasteiger partial charge in [-0.3, -0.25) is 0 Å². The highest BCUT2D eigenvalue weighted by Crippen LogP contribution is 2.20. The van der Waals surface area contributed by atoms with Gasteiger partial charge < -0.3 is 21.3 Å². The van der Waals surface area contributed by atoms with Crippen LogP contribution in [-0.2, 0) is 4.74 Å². The summed E-state index contributed by atoms with van der Waals surface area (Å²) in [4.78, 5) is 21.3. The lowest BCUT2D eigenvalue weighted by molar-refractivity contribution is 0.0600. The number of anilines is 2. The number of benzene rings is 2. The second-order valence-electron chi connectivity index (χ2n) is 4.27. The molecule has 8 heteroatoms. The van der Waals surface area contributed by atoms with E-state index in [-0.39, 0.29) is 10.6 Å². The SMILES string of the molecule is COC(=O)c1ccc(N)c(Cl)c1.Nc1ccc(C(=O)O)cc1Cl. The first kappa shape index (κ1) is 18.6. The van der Waals surface area contributed by atoms with Gasteiger partial charge in [0.25, 0.3) is 0 Å². The third-order valence-corrected chi connectivity index (χ3v) is 3.32. The molecule has 2 aromatic rings. The van der Waals surface area contributed by atoms with Gasteiger partial charge in [-0.15, -0.1) is 0 Å². The highest BCUT2D eigenvalue weighted by molar-refractivity contribution is 6.33. The molecule has 2 aromatic carbocycles. The Balaban J connectivity index is 0.000000231. The molecule has 122 valence electrons. The van der Waals surface area contributed by atoms with Gasteiger partial charge in [0.05, 0.1) is 39.7 Å². The van der Waals surface area contributed by atoms with Crippen LogP contribution in [0.2, 0.25) is 10.0 Å². The molecule has 0 amide bonds. The maximum absolute atomic E-state index is 11.0. The molecule has 0 aliphatic carbocycles. The van der Waals surface area contributed by atoms with Crippen LogP contribution < -0.4 is 11.5 Å². The van der Waals surface area contributed by atoms with E-state index in [1.807, 2.05) is 0 Å². The molecular weight excluding hydrogens is 343 g/mol. The number of carbonyl (C=O) groups is 2. The summed E-state index contributed by atoms with van der Waals surface area (Å²) in [5, 5.41) is 9.13. The number of carbonyl (C=O) groups excluding carboxylic acids is 1. The van der Waals surface area contributed by atoms with Crippen LogP contribution in [0, 0.1) is 0 Å². The molecule has 5 N–H and O–H groups in total. The highest BCUT2D eigenvalue weighted by Gasteiger charge is 2.06. The Labute approximate surface area is 142 Å². The lowest BCUT2D eigenvalue weighted by atomic mass is 10.2. The molecule has 0 fully saturated rings. The molecular formula is C15H14Cl2N2O4. The van der Waals surface area contributed by atoms with Crippen LogP contribution in [0.1, 0.15) is 20.7 Å². The first-order valence-electron chi connectivity index (χ1n) is 6.18. The fourth-order valence-corrected chi connectivity index (χ4v) is 1.79. The van der Waals surface area contributed by atoms with Crippen LogP contribution in [0.4, 0.5) is 11.4 Å². The summed E-state index contributed by atoms with van der Waals surface area (Å²) in [6.45, 7) is 0. The zero-order chi connectivity index (χ0) is 17.6. The lowest BCUT2D eigenvalue weighted by Gasteiger charge is -2.00. The van der Waals surface area contributed by atoms with Crippen molar-refractivity contribution in [2.45, 2.75) is 0 Å². The first-order chi connectivity index (χ1) is 10.8. The van der Waals surface area contributed by atoms with E-state index in [0.717, 1.165) is 0 Å². The molecule has 0 saturated carbocycles. The topological polar surface area (TPSA) is 116 Å². The zero-order valence-corrected chi connectivity index (χ0v) is 13.6. The number of halogens is 2. The molecule has 6 nitrogen and oxygen atoms in total. The Morgan fingerprint density at radius 3 is 1.78 bits per heavy atom. The fourth-order valence-electron chi connectivity index (χ4n) is 1.43. The van der Waals surface area contributed by atoms with Gasteiger partial charge in [0, 0.05) is 0 Å². The standard InChI is InChI=1S/C8H8ClNO2.C7H6ClNO2/c1-12-8(11)5-2-3-7(10)6(9)4-5;8-5-3-4(7(10)11)1-2-6(5)9/h2-4H,10H2,1H3;1-3H,9H2,(H,10,11). The van der Waals surface area contributed by atoms with E-state index < -0.39 is 11.9 Å². The summed E-state index contributed by atoms with van der Waals surface area (Å²) in [5.41, 5.74) is 12.2. The van der Waals surface area contributed by atoms with Crippen molar-refractivity contribution in [3.8, 4) is 0 Å². The maximum atomic E-state index is 11.0. The van der Waals surface area contributed by atoms with Crippen LogP contribution >= 0.6 is 23.2 Å². The Hall–Kier alpha value is -2.44. The fraction of sp³-hybridized carbons (Fsp3) is 0.0667. The van der Waals surface area contributed by atoms with E-state index in [4.69, 9.17) is 39.8 Å². The number of aromatic carboxylic acids is 1. The molecule has 0 aliphatic rings. The van der Waals surface area contributed by atoms with E-state index in [1.54, 1.807) is 12.1 Å². The van der Waals surface area contributed by atoms with Crippen molar-refractivity contribution >= 4 is 46.5 Å². The van der Waals surface area contributed by atoms with E-state index in [0.29, 0.717) is 22.0 Å². The van der Waals surface area contributed by atoms with Gasteiger partial charge in [-0.05, 0) is 36.4 Å². The third kappa shape index (κ3) is 5.36. The Morgan fingerprint density at radius 1 is 0.957 bits per heavy atom. The minimum atomic E-state index is -1.01. The summed E-state index contributed by atoms with van der Waals surface area (Å²) in [6.07, 6.45) is 0. The predicted octanol–water partition coefficient (Wildman–Crippen LogP) is 3.33. The van der Waals surface area contributed by atoms with Crippen LogP contribution in [0.5, 0.6) is 0 Å². The highest BCUT2D eigenvalue weighted by atomic mass is 35.5. The van der Waals surface area contributed by atoms with Crippen LogP contribution in [0.25, 0.3) is 0 Å². The molecule has 23 heavy (non-hydrogen) atoms. The molecule has 0 atom stereocenters. The summed E-state index contributed by atoms with van der Waals surface area (Å²) in [6, 6.07) is 8.79. The van der Waals surface area contributed by atoms with Crippen molar-refractivity contribution in [2.24, 2.45) is 0 Å². The minimum Gasteiger partial charge on any atom is -0.478 e. The molecule has 0 saturated heterocycles. The number of methoxy groups -OCH3 is 1. The zero-order valence-electron chi connectivity index (χ0n) is 12.0. The Morgan fingerprint density at radius 2 is 1.39 bits per heavy atom. The number of hydrogen-bond acceptors (Lipinski definition) is 5. The van der Waals surface area contributed by atoms with Crippen molar-refractivity contribution in [3.63, 3.8) is 0 Å². The largest absolute Gasteiger partial charge is 0.478 e. The Bertz CT molecular complexity index is 735. The van der Waals surface area contributed by atoms with Gasteiger partial charge in [-0.25, -0.2) is 9.59 Å². The predicted molar refractivity (Wildman–Crippen MR) is 90.0 cm³/mol. The quantitative estimate of drug-likeness (QED) is 0.561. The summed E-state index contributed by atoms with van der Waals surface area (Å²) < 4.78 is 4.49. The molecule has 0 heterocycles. The van der Waals surface area contributed by atoms with Crippen molar-refractivity contribution in [2.75, 3.05) is 18.6 Å². The lowest BCUT2D eigenvalue weighted by Crippen LogP contribution is -2.01. The minimum absolute atomic E-state index is 0.143. The van der Waals surface area contributed by atoms with Crippen molar-refractivity contribution in [1.29, 1.82) is 0 Å². The molecule has 0 spiro atoms. The van der Waals surface area contributed by atoms with Crippen molar-refractivity contribution in [1.82, 2.24) is 0 Å². The molecule has 0 bridgehead atoms. The normalized spacial score (nSPS) is 9.52. The van der Waals surface area contributed by atoms with Gasteiger partial charge in [-0.1, -0.05) is 23.2 Å². The number of ether oxygens (including phenoxy) is 1. The second-order valence-corrected chi connectivity index (χ2v) is 5.08. The molecule has 0 aliphatic heterocycles. The van der Waals surface area contributed by atoms with Gasteiger partial charge >= 0.3 is 11.9 Å². The van der Waals surface area contributed by atoms with Gasteiger partial charge in [-0.2, -0.15) is 0 Å². The van der Waals surface area contributed by atoms with E-state index in [9.17, 15) is 9.59 Å². The number of hydrogen-bond donors (Lipinski definition) is 3. The summed E-state index contributed by atoms with van der Waals surface area (Å²) in [7, 11) is 1.31. The Kier molecular flexibility index (Phi) is 6.68. The number of nitrogen functional groups attached to an aromatic ring is 2. The molecule has 2 rings (SSSR count). The van der Waals surface area contributed by atoms with Crippen molar-refractivity contribution < 1.29 is 19.4 Å². The van der Waals surface area contributed by atoms with Gasteiger partial charge in [0.2, 0.25) is 0 Å². The van der Waals surface area contributed by atoms with E-state index in [1.165, 1.54) is 31.4 Å². The van der Waals surface area contributed by atoms with Gasteiger partial charge in [0.15, 0.2) is 0 Å². The van der Waals surface area contributed by atoms with Gasteiger partial charge in [0.1, 0.15) is 0 Å². The number of esters is 1. The second kappa shape index (κ2) is 8.26. The molecule has 0 unspecified atom stereocenters. The number of rotatable bonds is 2. The average molecular weight is 357 g/mol. The smallest absolute Gasteiger partial charge is 0.337 e.